The van der Waals surface area contributed by atoms with Gasteiger partial charge in [-0.15, -0.1) is 0 Å². The topological polar surface area (TPSA) is 38.0 Å². The number of hydrogen-bond donors (Lipinski definition) is 2. The van der Waals surface area contributed by atoms with Gasteiger partial charge in [-0.1, -0.05) is 20.8 Å². The lowest BCUT2D eigenvalue weighted by atomic mass is 9.68. The first-order chi connectivity index (χ1) is 9.24. The maximum absolute atomic E-state index is 14.0. The van der Waals surface area contributed by atoms with Crippen LogP contribution in [0.3, 0.4) is 0 Å². The number of hydrogen-bond acceptors (Lipinski definition) is 2. The highest BCUT2D eigenvalue weighted by Crippen LogP contribution is 2.63. The second-order valence-corrected chi connectivity index (χ2v) is 7.35. The molecule has 2 aliphatic rings. The van der Waals surface area contributed by atoms with Crippen LogP contribution in [-0.2, 0) is 0 Å². The van der Waals surface area contributed by atoms with E-state index in [1.54, 1.807) is 0 Å². The van der Waals surface area contributed by atoms with Crippen LogP contribution in [0.15, 0.2) is 12.1 Å². The summed E-state index contributed by atoms with van der Waals surface area (Å²) in [6.07, 6.45) is 3.47. The van der Waals surface area contributed by atoms with E-state index in [1.807, 2.05) is 0 Å². The Bertz CT molecular complexity index is 528. The molecule has 110 valence electrons. The summed E-state index contributed by atoms with van der Waals surface area (Å²) < 4.78 is 28.0. The molecule has 20 heavy (non-hydrogen) atoms. The standard InChI is InChI=1S/C16H22F2N2/c1-15(2)9-4-5-16(3,8-9)14(15)20-13-11(17)6-10(19)7-12(13)18/h6-7,9,14,20H,4-5,8,19H2,1-3H3. The summed E-state index contributed by atoms with van der Waals surface area (Å²) in [5.74, 6) is -0.584. The first-order valence-corrected chi connectivity index (χ1v) is 7.25. The molecule has 2 aliphatic carbocycles. The summed E-state index contributed by atoms with van der Waals surface area (Å²) in [7, 11) is 0. The van der Waals surface area contributed by atoms with Crippen LogP contribution in [0.25, 0.3) is 0 Å². The van der Waals surface area contributed by atoms with Crippen molar-refractivity contribution in [2.24, 2.45) is 16.7 Å². The monoisotopic (exact) mass is 280 g/mol. The summed E-state index contributed by atoms with van der Waals surface area (Å²) in [6.45, 7) is 6.63. The molecule has 3 unspecified atom stereocenters. The quantitative estimate of drug-likeness (QED) is 0.798. The minimum atomic E-state index is -0.607. The third-order valence-corrected chi connectivity index (χ3v) is 5.62. The first kappa shape index (κ1) is 13.7. The highest BCUT2D eigenvalue weighted by Gasteiger charge is 2.59. The van der Waals surface area contributed by atoms with Crippen LogP contribution >= 0.6 is 0 Å². The third kappa shape index (κ3) is 1.80. The summed E-state index contributed by atoms with van der Waals surface area (Å²) >= 11 is 0. The highest BCUT2D eigenvalue weighted by molar-refractivity contribution is 5.55. The molecule has 0 heterocycles. The van der Waals surface area contributed by atoms with E-state index in [9.17, 15) is 8.78 Å². The van der Waals surface area contributed by atoms with Gasteiger partial charge in [0.05, 0.1) is 0 Å². The number of halogens is 2. The van der Waals surface area contributed by atoms with Gasteiger partial charge < -0.3 is 11.1 Å². The number of anilines is 2. The molecule has 3 rings (SSSR count). The Kier molecular flexibility index (Phi) is 2.79. The van der Waals surface area contributed by atoms with Crippen molar-refractivity contribution in [2.45, 2.75) is 46.1 Å². The normalized spacial score (nSPS) is 34.5. The average Bonchev–Trinajstić information content (AvgIpc) is 2.77. The van der Waals surface area contributed by atoms with E-state index >= 15 is 0 Å². The number of nitrogens with one attached hydrogen (secondary N) is 1. The van der Waals surface area contributed by atoms with Crippen molar-refractivity contribution in [3.8, 4) is 0 Å². The van der Waals surface area contributed by atoms with Crippen molar-refractivity contribution in [2.75, 3.05) is 11.1 Å². The fourth-order valence-electron chi connectivity index (χ4n) is 4.54. The maximum Gasteiger partial charge on any atom is 0.151 e. The second-order valence-electron chi connectivity index (χ2n) is 7.35. The Morgan fingerprint density at radius 2 is 1.80 bits per heavy atom. The smallest absolute Gasteiger partial charge is 0.151 e. The highest BCUT2D eigenvalue weighted by atomic mass is 19.1. The number of benzene rings is 1. The molecule has 0 spiro atoms. The van der Waals surface area contributed by atoms with Crippen LogP contribution in [0.4, 0.5) is 20.2 Å². The average molecular weight is 280 g/mol. The second kappa shape index (κ2) is 4.09. The molecule has 0 aliphatic heterocycles. The molecule has 0 aromatic heterocycles. The van der Waals surface area contributed by atoms with Gasteiger partial charge in [-0.2, -0.15) is 0 Å². The van der Waals surface area contributed by atoms with E-state index in [4.69, 9.17) is 5.73 Å². The molecule has 0 amide bonds. The molecule has 0 saturated heterocycles. The fraction of sp³-hybridized carbons (Fsp3) is 0.625. The van der Waals surface area contributed by atoms with Crippen LogP contribution in [-0.4, -0.2) is 6.04 Å². The van der Waals surface area contributed by atoms with Gasteiger partial charge in [0.25, 0.3) is 0 Å². The van der Waals surface area contributed by atoms with Crippen molar-refractivity contribution in [1.82, 2.24) is 0 Å². The van der Waals surface area contributed by atoms with E-state index in [1.165, 1.54) is 18.6 Å². The largest absolute Gasteiger partial charge is 0.399 e. The van der Waals surface area contributed by atoms with Crippen LogP contribution < -0.4 is 11.1 Å². The van der Waals surface area contributed by atoms with Crippen molar-refractivity contribution in [3.05, 3.63) is 23.8 Å². The SMILES string of the molecule is CC12CCC(C1)C(C)(C)C2Nc1c(F)cc(N)cc1F. The molecular formula is C16H22F2N2. The Balaban J connectivity index is 1.96. The Hall–Kier alpha value is -1.32. The van der Waals surface area contributed by atoms with Gasteiger partial charge in [0.2, 0.25) is 0 Å². The molecule has 2 saturated carbocycles. The Labute approximate surface area is 118 Å². The Morgan fingerprint density at radius 3 is 2.30 bits per heavy atom. The molecule has 2 nitrogen and oxygen atoms in total. The lowest BCUT2D eigenvalue weighted by Crippen LogP contribution is -2.46. The molecule has 0 radical (unpaired) electrons. The number of rotatable bonds is 2. The lowest BCUT2D eigenvalue weighted by Gasteiger charge is -2.43. The summed E-state index contributed by atoms with van der Waals surface area (Å²) in [5.41, 5.74) is 5.72. The fourth-order valence-corrected chi connectivity index (χ4v) is 4.54. The van der Waals surface area contributed by atoms with Crippen LogP contribution in [0, 0.1) is 28.4 Å². The van der Waals surface area contributed by atoms with Crippen LogP contribution in [0.5, 0.6) is 0 Å². The molecule has 4 heteroatoms. The molecular weight excluding hydrogens is 258 g/mol. The summed E-state index contributed by atoms with van der Waals surface area (Å²) in [5, 5.41) is 3.16. The maximum atomic E-state index is 14.0. The number of fused-ring (bicyclic) bond motifs is 2. The van der Waals surface area contributed by atoms with Gasteiger partial charge in [0, 0.05) is 11.7 Å². The zero-order valence-corrected chi connectivity index (χ0v) is 12.3. The minimum Gasteiger partial charge on any atom is -0.399 e. The molecule has 2 bridgehead atoms. The molecule has 3 N–H and O–H groups in total. The van der Waals surface area contributed by atoms with Gasteiger partial charge in [-0.25, -0.2) is 8.78 Å². The summed E-state index contributed by atoms with van der Waals surface area (Å²) in [4.78, 5) is 0. The third-order valence-electron chi connectivity index (χ3n) is 5.62. The van der Waals surface area contributed by atoms with Gasteiger partial charge in [0.1, 0.15) is 5.69 Å². The Morgan fingerprint density at radius 1 is 1.20 bits per heavy atom. The van der Waals surface area contributed by atoms with E-state index in [0.29, 0.717) is 5.92 Å². The van der Waals surface area contributed by atoms with Crippen molar-refractivity contribution < 1.29 is 8.78 Å². The van der Waals surface area contributed by atoms with E-state index in [2.05, 4.69) is 26.1 Å². The van der Waals surface area contributed by atoms with Gasteiger partial charge >= 0.3 is 0 Å². The van der Waals surface area contributed by atoms with Crippen LogP contribution in [0.2, 0.25) is 0 Å². The van der Waals surface area contributed by atoms with Crippen molar-refractivity contribution in [1.29, 1.82) is 0 Å². The van der Waals surface area contributed by atoms with Gasteiger partial charge in [0.15, 0.2) is 11.6 Å². The van der Waals surface area contributed by atoms with Crippen molar-refractivity contribution >= 4 is 11.4 Å². The van der Waals surface area contributed by atoms with Crippen molar-refractivity contribution in [3.63, 3.8) is 0 Å². The number of nitrogen functional groups attached to an aromatic ring is 1. The first-order valence-electron chi connectivity index (χ1n) is 7.25. The molecule has 1 aromatic carbocycles. The predicted molar refractivity (Wildman–Crippen MR) is 77.4 cm³/mol. The van der Waals surface area contributed by atoms with E-state index in [-0.39, 0.29) is 28.2 Å². The molecule has 1 aromatic rings. The predicted octanol–water partition coefficient (Wildman–Crippen LogP) is 4.17. The molecule has 3 atom stereocenters. The van der Waals surface area contributed by atoms with Crippen LogP contribution in [0.1, 0.15) is 40.0 Å². The number of nitrogens with two attached hydrogens (primary N) is 1. The minimum absolute atomic E-state index is 0.0361. The lowest BCUT2D eigenvalue weighted by molar-refractivity contribution is 0.155. The zero-order chi connectivity index (χ0) is 14.7. The summed E-state index contributed by atoms with van der Waals surface area (Å²) in [6, 6.07) is 2.43. The molecule has 2 fully saturated rings. The van der Waals surface area contributed by atoms with E-state index < -0.39 is 11.6 Å². The van der Waals surface area contributed by atoms with Gasteiger partial charge in [-0.3, -0.25) is 0 Å². The zero-order valence-electron chi connectivity index (χ0n) is 12.3. The van der Waals surface area contributed by atoms with Gasteiger partial charge in [-0.05, 0) is 48.1 Å². The van der Waals surface area contributed by atoms with E-state index in [0.717, 1.165) is 12.8 Å².